The van der Waals surface area contributed by atoms with Crippen LogP contribution in [0.25, 0.3) is 65.3 Å². The third-order valence-corrected chi connectivity index (χ3v) is 11.7. The van der Waals surface area contributed by atoms with E-state index >= 15 is 0 Å². The van der Waals surface area contributed by atoms with Crippen molar-refractivity contribution in [3.8, 4) is 22.3 Å². The fourth-order valence-corrected chi connectivity index (χ4v) is 8.74. The van der Waals surface area contributed by atoms with Crippen LogP contribution in [-0.4, -0.2) is 0 Å². The number of hydrogen-bond donors (Lipinski definition) is 0. The monoisotopic (exact) mass is 711 g/mol. The molecule has 9 aromatic carbocycles. The highest BCUT2D eigenvalue weighted by Crippen LogP contribution is 2.46. The Kier molecular flexibility index (Phi) is 9.78. The number of anilines is 3. The van der Waals surface area contributed by atoms with Crippen molar-refractivity contribution in [3.05, 3.63) is 175 Å². The number of hydrogen-bond acceptors (Lipinski definition) is 1. The molecule has 0 spiro atoms. The highest BCUT2D eigenvalue weighted by atomic mass is 15.1. The van der Waals surface area contributed by atoms with Crippen molar-refractivity contribution in [1.29, 1.82) is 0 Å². The molecule has 270 valence electrons. The van der Waals surface area contributed by atoms with Gasteiger partial charge in [-0.2, -0.15) is 0 Å². The van der Waals surface area contributed by atoms with Crippen molar-refractivity contribution in [1.82, 2.24) is 0 Å². The van der Waals surface area contributed by atoms with Crippen LogP contribution in [0, 0.1) is 0 Å². The van der Waals surface area contributed by atoms with E-state index in [1.54, 1.807) is 0 Å². The van der Waals surface area contributed by atoms with Crippen LogP contribution in [-0.2, 0) is 12.8 Å². The quantitative estimate of drug-likeness (QED) is 0.0654. The van der Waals surface area contributed by atoms with Crippen LogP contribution in [0.3, 0.4) is 0 Å². The summed E-state index contributed by atoms with van der Waals surface area (Å²) in [6.07, 6.45) is 9.91. The van der Waals surface area contributed by atoms with E-state index < -0.39 is 0 Å². The Bertz CT molecular complexity index is 2540. The first-order valence-corrected chi connectivity index (χ1v) is 20.5. The molecule has 9 aromatic rings. The third kappa shape index (κ3) is 6.74. The third-order valence-electron chi connectivity index (χ3n) is 11.7. The molecule has 0 radical (unpaired) electrons. The standard InChI is InChI=1S/C54H49N/c1-3-5-7-12-38-20-24-40(25-21-38)42-28-32-45(33-29-42)55(46-34-30-43(31-35-46)41-26-22-39(23-27-41)13-8-6-4-2)52-37-36-50-48-17-10-15-44-14-9-16-47(53(44)48)49-18-11-19-51(52)54(49)50/h9-11,14-37H,3-8,12-13H2,1-2H3. The Morgan fingerprint density at radius 3 is 1.22 bits per heavy atom. The van der Waals surface area contributed by atoms with Crippen LogP contribution in [0.5, 0.6) is 0 Å². The van der Waals surface area contributed by atoms with Gasteiger partial charge in [0, 0.05) is 16.8 Å². The maximum atomic E-state index is 2.45. The SMILES string of the molecule is CCCCCc1ccc(-c2ccc(N(c3ccc(-c4ccc(CCCCC)cc4)cc3)c3ccc4c5cccc6cccc(c7cccc3c74)c65)cc2)cc1. The van der Waals surface area contributed by atoms with Crippen LogP contribution in [0.1, 0.15) is 63.5 Å². The molecule has 0 bridgehead atoms. The van der Waals surface area contributed by atoms with E-state index in [0.717, 1.165) is 24.2 Å². The summed E-state index contributed by atoms with van der Waals surface area (Å²) in [7, 11) is 0. The molecule has 0 unspecified atom stereocenters. The zero-order valence-electron chi connectivity index (χ0n) is 32.2. The van der Waals surface area contributed by atoms with Crippen molar-refractivity contribution in [2.24, 2.45) is 0 Å². The molecular weight excluding hydrogens is 663 g/mol. The van der Waals surface area contributed by atoms with Crippen molar-refractivity contribution >= 4 is 60.2 Å². The average Bonchev–Trinajstić information content (AvgIpc) is 3.24. The first-order valence-electron chi connectivity index (χ1n) is 20.5. The largest absolute Gasteiger partial charge is 0.310 e. The van der Waals surface area contributed by atoms with Crippen LogP contribution in [0.2, 0.25) is 0 Å². The molecule has 0 fully saturated rings. The van der Waals surface area contributed by atoms with Crippen molar-refractivity contribution < 1.29 is 0 Å². The van der Waals surface area contributed by atoms with Gasteiger partial charge in [-0.1, -0.05) is 173 Å². The van der Waals surface area contributed by atoms with Gasteiger partial charge in [0.1, 0.15) is 0 Å². The molecular formula is C54H49N. The van der Waals surface area contributed by atoms with E-state index in [1.165, 1.54) is 121 Å². The molecule has 1 heteroatoms. The van der Waals surface area contributed by atoms with E-state index in [1.807, 2.05) is 0 Å². The van der Waals surface area contributed by atoms with Crippen LogP contribution >= 0.6 is 0 Å². The molecule has 0 atom stereocenters. The Morgan fingerprint density at radius 1 is 0.345 bits per heavy atom. The lowest BCUT2D eigenvalue weighted by Gasteiger charge is -2.28. The van der Waals surface area contributed by atoms with Gasteiger partial charge < -0.3 is 4.90 Å². The Hall–Kier alpha value is -5.92. The number of benzene rings is 9. The van der Waals surface area contributed by atoms with E-state index in [9.17, 15) is 0 Å². The molecule has 0 aliphatic heterocycles. The summed E-state index contributed by atoms with van der Waals surface area (Å²) >= 11 is 0. The van der Waals surface area contributed by atoms with Gasteiger partial charge in [0.15, 0.2) is 0 Å². The number of unbranched alkanes of at least 4 members (excludes halogenated alkanes) is 4. The van der Waals surface area contributed by atoms with Crippen LogP contribution in [0.4, 0.5) is 17.1 Å². The Morgan fingerprint density at radius 2 is 0.745 bits per heavy atom. The lowest BCUT2D eigenvalue weighted by Crippen LogP contribution is -2.10. The predicted molar refractivity (Wildman–Crippen MR) is 240 cm³/mol. The highest BCUT2D eigenvalue weighted by molar-refractivity contribution is 6.34. The summed E-state index contributed by atoms with van der Waals surface area (Å²) in [6, 6.07) is 61.7. The van der Waals surface area contributed by atoms with E-state index in [2.05, 4.69) is 183 Å². The Balaban J connectivity index is 1.14. The smallest absolute Gasteiger partial charge is 0.0540 e. The fourth-order valence-electron chi connectivity index (χ4n) is 8.74. The summed E-state index contributed by atoms with van der Waals surface area (Å²) in [4.78, 5) is 2.45. The molecule has 0 aliphatic carbocycles. The molecule has 0 aromatic heterocycles. The Labute approximate surface area is 326 Å². The summed E-state index contributed by atoms with van der Waals surface area (Å²) in [6.45, 7) is 4.53. The maximum Gasteiger partial charge on any atom is 0.0540 e. The second-order valence-corrected chi connectivity index (χ2v) is 15.3. The first-order chi connectivity index (χ1) is 27.2. The maximum absolute atomic E-state index is 2.45. The fraction of sp³-hybridized carbons (Fsp3) is 0.185. The topological polar surface area (TPSA) is 3.24 Å². The lowest BCUT2D eigenvalue weighted by molar-refractivity contribution is 0.717. The van der Waals surface area contributed by atoms with Crippen molar-refractivity contribution in [2.75, 3.05) is 4.90 Å². The average molecular weight is 712 g/mol. The summed E-state index contributed by atoms with van der Waals surface area (Å²) in [5, 5.41) is 10.5. The second-order valence-electron chi connectivity index (χ2n) is 15.3. The van der Waals surface area contributed by atoms with Gasteiger partial charge in [-0.15, -0.1) is 0 Å². The van der Waals surface area contributed by atoms with Crippen molar-refractivity contribution in [3.63, 3.8) is 0 Å². The van der Waals surface area contributed by atoms with Crippen LogP contribution < -0.4 is 4.90 Å². The first kappa shape index (κ1) is 34.8. The number of fused-ring (bicyclic) bond motifs is 2. The molecule has 0 heterocycles. The van der Waals surface area contributed by atoms with Gasteiger partial charge in [-0.25, -0.2) is 0 Å². The number of nitrogens with zero attached hydrogens (tertiary/aromatic N) is 1. The number of rotatable bonds is 13. The molecule has 0 saturated heterocycles. The van der Waals surface area contributed by atoms with Gasteiger partial charge in [0.25, 0.3) is 0 Å². The second kappa shape index (κ2) is 15.4. The van der Waals surface area contributed by atoms with Gasteiger partial charge in [-0.05, 0) is 127 Å². The van der Waals surface area contributed by atoms with E-state index in [0.29, 0.717) is 0 Å². The zero-order chi connectivity index (χ0) is 37.1. The summed E-state index contributed by atoms with van der Waals surface area (Å²) in [5.74, 6) is 0. The van der Waals surface area contributed by atoms with Gasteiger partial charge in [-0.3, -0.25) is 0 Å². The minimum atomic E-state index is 1.14. The molecule has 0 saturated carbocycles. The zero-order valence-corrected chi connectivity index (χ0v) is 32.2. The molecule has 0 aliphatic rings. The molecule has 0 amide bonds. The van der Waals surface area contributed by atoms with Crippen LogP contribution in [0.15, 0.2) is 164 Å². The molecule has 55 heavy (non-hydrogen) atoms. The predicted octanol–water partition coefficient (Wildman–Crippen LogP) is 16.0. The van der Waals surface area contributed by atoms with E-state index in [4.69, 9.17) is 0 Å². The highest BCUT2D eigenvalue weighted by Gasteiger charge is 2.20. The molecule has 9 rings (SSSR count). The lowest BCUT2D eigenvalue weighted by atomic mass is 9.89. The van der Waals surface area contributed by atoms with Crippen molar-refractivity contribution in [2.45, 2.75) is 65.2 Å². The summed E-state index contributed by atoms with van der Waals surface area (Å²) in [5.41, 5.74) is 11.3. The van der Waals surface area contributed by atoms with Gasteiger partial charge in [0.2, 0.25) is 0 Å². The molecule has 0 N–H and O–H groups in total. The van der Waals surface area contributed by atoms with Gasteiger partial charge >= 0.3 is 0 Å². The van der Waals surface area contributed by atoms with E-state index in [-0.39, 0.29) is 0 Å². The number of aryl methyl sites for hydroxylation is 2. The minimum absolute atomic E-state index is 1.14. The normalized spacial score (nSPS) is 11.7. The van der Waals surface area contributed by atoms with Gasteiger partial charge in [0.05, 0.1) is 5.69 Å². The summed E-state index contributed by atoms with van der Waals surface area (Å²) < 4.78 is 0. The molecule has 1 nitrogen and oxygen atoms in total. The minimum Gasteiger partial charge on any atom is -0.310 e.